The first kappa shape index (κ1) is 22.8. The number of carbonyl (C=O) groups is 1. The van der Waals surface area contributed by atoms with Crippen molar-refractivity contribution in [1.82, 2.24) is 4.90 Å². The van der Waals surface area contributed by atoms with Crippen LogP contribution in [-0.2, 0) is 0 Å². The lowest BCUT2D eigenvalue weighted by Crippen LogP contribution is -2.49. The molecule has 0 aromatic heterocycles. The molecular weight excluding hydrogens is 404 g/mol. The van der Waals surface area contributed by atoms with E-state index in [0.717, 1.165) is 24.8 Å². The molecule has 0 bridgehead atoms. The predicted molar refractivity (Wildman–Crippen MR) is 123 cm³/mol. The Kier molecular flexibility index (Phi) is 6.84. The Morgan fingerprint density at radius 1 is 1.12 bits per heavy atom. The van der Waals surface area contributed by atoms with Crippen molar-refractivity contribution in [3.05, 3.63) is 65.7 Å². The van der Waals surface area contributed by atoms with Crippen LogP contribution in [-0.4, -0.2) is 52.4 Å². The van der Waals surface area contributed by atoms with Gasteiger partial charge in [0.05, 0.1) is 24.9 Å². The zero-order valence-electron chi connectivity index (χ0n) is 18.7. The lowest BCUT2D eigenvalue weighted by atomic mass is 9.74. The van der Waals surface area contributed by atoms with Crippen molar-refractivity contribution in [1.29, 1.82) is 0 Å². The second-order valence-electron chi connectivity index (χ2n) is 9.32. The minimum absolute atomic E-state index is 0.0512. The van der Waals surface area contributed by atoms with Crippen molar-refractivity contribution < 1.29 is 19.7 Å². The van der Waals surface area contributed by atoms with E-state index in [0.29, 0.717) is 37.3 Å². The van der Waals surface area contributed by atoms with E-state index in [1.54, 1.807) is 12.1 Å². The molecule has 2 fully saturated rings. The molecule has 1 saturated carbocycles. The fraction of sp³-hybridized carbons (Fsp3) is 0.500. The fourth-order valence-electron chi connectivity index (χ4n) is 5.44. The molecular formula is C26H34N2O4. The van der Waals surface area contributed by atoms with Crippen molar-refractivity contribution in [3.8, 4) is 5.75 Å². The fourth-order valence-corrected chi connectivity index (χ4v) is 5.44. The normalized spacial score (nSPS) is 29.9. The highest BCUT2D eigenvalue weighted by Gasteiger charge is 2.57. The number of nitrogens with two attached hydrogens (primary N) is 1. The number of nitrogens with zero attached hydrogens (tertiary/aromatic N) is 1. The Morgan fingerprint density at radius 2 is 1.84 bits per heavy atom. The van der Waals surface area contributed by atoms with Crippen molar-refractivity contribution in [2.45, 2.75) is 63.3 Å². The van der Waals surface area contributed by atoms with E-state index in [1.807, 2.05) is 54.3 Å². The highest BCUT2D eigenvalue weighted by molar-refractivity contribution is 5.95. The molecule has 0 spiro atoms. The number of aliphatic hydroxyl groups is 2. The molecule has 0 radical (unpaired) electrons. The molecule has 4 N–H and O–H groups in total. The summed E-state index contributed by atoms with van der Waals surface area (Å²) in [6, 6.07) is 17.0. The van der Waals surface area contributed by atoms with Gasteiger partial charge in [0, 0.05) is 17.0 Å². The Labute approximate surface area is 190 Å². The first-order valence-electron chi connectivity index (χ1n) is 11.6. The molecule has 1 heterocycles. The summed E-state index contributed by atoms with van der Waals surface area (Å²) in [5.74, 6) is 0.665. The number of aliphatic hydroxyl groups excluding tert-OH is 2. The standard InChI is InChI=1S/C26H34N2O4/c1-26-17-21(18-7-3-2-4-8-18)28(23(26)10-5-9-22(29)24(26)30)25(31)19-11-13-20(14-12-19)32-16-6-15-27/h2-4,7-8,11-14,21-24,29-30H,5-6,9-10,15-17,27H2,1H3/t21-,22+,23-,24+,26-/m1/s1. The Morgan fingerprint density at radius 3 is 2.53 bits per heavy atom. The number of ether oxygens (including phenoxy) is 1. The van der Waals surface area contributed by atoms with Crippen LogP contribution in [0.15, 0.2) is 54.6 Å². The third-order valence-electron chi connectivity index (χ3n) is 7.22. The summed E-state index contributed by atoms with van der Waals surface area (Å²) >= 11 is 0. The molecule has 1 saturated heterocycles. The Balaban J connectivity index is 1.66. The van der Waals surface area contributed by atoms with Crippen LogP contribution in [0.2, 0.25) is 0 Å². The van der Waals surface area contributed by atoms with Crippen LogP contribution in [0.25, 0.3) is 0 Å². The molecule has 6 nitrogen and oxygen atoms in total. The van der Waals surface area contributed by atoms with Crippen LogP contribution in [0.4, 0.5) is 0 Å². The number of benzene rings is 2. The molecule has 1 aliphatic heterocycles. The van der Waals surface area contributed by atoms with Gasteiger partial charge in [0.1, 0.15) is 5.75 Å². The zero-order chi connectivity index (χ0) is 22.7. The van der Waals surface area contributed by atoms with E-state index in [4.69, 9.17) is 10.5 Å². The number of hydrogen-bond donors (Lipinski definition) is 3. The third-order valence-corrected chi connectivity index (χ3v) is 7.22. The molecule has 0 unspecified atom stereocenters. The van der Waals surface area contributed by atoms with E-state index in [-0.39, 0.29) is 18.0 Å². The van der Waals surface area contributed by atoms with Crippen molar-refractivity contribution in [3.63, 3.8) is 0 Å². The first-order valence-corrected chi connectivity index (χ1v) is 11.6. The van der Waals surface area contributed by atoms with Crippen LogP contribution in [0, 0.1) is 5.41 Å². The largest absolute Gasteiger partial charge is 0.494 e. The van der Waals surface area contributed by atoms with Gasteiger partial charge in [-0.1, -0.05) is 37.3 Å². The Hall–Kier alpha value is -2.41. The smallest absolute Gasteiger partial charge is 0.254 e. The third kappa shape index (κ3) is 4.27. The van der Waals surface area contributed by atoms with Gasteiger partial charge < -0.3 is 25.6 Å². The summed E-state index contributed by atoms with van der Waals surface area (Å²) in [7, 11) is 0. The molecule has 2 aromatic rings. The maximum atomic E-state index is 13.8. The maximum Gasteiger partial charge on any atom is 0.254 e. The number of rotatable bonds is 6. The SMILES string of the molecule is C[C@@]12C[C@H](c3ccccc3)N(C(=O)c3ccc(OCCCN)cc3)[C@@H]1CCC[C@H](O)[C@@H]2O. The second kappa shape index (κ2) is 9.61. The molecule has 6 heteroatoms. The van der Waals surface area contributed by atoms with Gasteiger partial charge in [-0.25, -0.2) is 0 Å². The number of amides is 1. The van der Waals surface area contributed by atoms with E-state index in [9.17, 15) is 15.0 Å². The van der Waals surface area contributed by atoms with E-state index < -0.39 is 17.6 Å². The Bertz CT molecular complexity index is 904. The summed E-state index contributed by atoms with van der Waals surface area (Å²) < 4.78 is 5.68. The maximum absolute atomic E-state index is 13.8. The molecule has 1 aliphatic carbocycles. The monoisotopic (exact) mass is 438 g/mol. The lowest BCUT2D eigenvalue weighted by molar-refractivity contribution is -0.0612. The lowest BCUT2D eigenvalue weighted by Gasteiger charge is -2.38. The van der Waals surface area contributed by atoms with Crippen molar-refractivity contribution >= 4 is 5.91 Å². The van der Waals surface area contributed by atoms with Crippen LogP contribution < -0.4 is 10.5 Å². The molecule has 5 atom stereocenters. The van der Waals surface area contributed by atoms with Crippen LogP contribution in [0.3, 0.4) is 0 Å². The van der Waals surface area contributed by atoms with Crippen molar-refractivity contribution in [2.24, 2.45) is 11.1 Å². The summed E-state index contributed by atoms with van der Waals surface area (Å²) in [4.78, 5) is 15.8. The van der Waals surface area contributed by atoms with E-state index in [1.165, 1.54) is 0 Å². The summed E-state index contributed by atoms with van der Waals surface area (Å²) in [5, 5.41) is 21.6. The van der Waals surface area contributed by atoms with E-state index >= 15 is 0 Å². The molecule has 1 amide bonds. The highest BCUT2D eigenvalue weighted by atomic mass is 16.5. The van der Waals surface area contributed by atoms with Gasteiger partial charge >= 0.3 is 0 Å². The molecule has 172 valence electrons. The quantitative estimate of drug-likeness (QED) is 0.602. The van der Waals surface area contributed by atoms with Gasteiger partial charge in [-0.3, -0.25) is 4.79 Å². The minimum Gasteiger partial charge on any atom is -0.494 e. The van der Waals surface area contributed by atoms with Gasteiger partial charge in [-0.05, 0) is 68.5 Å². The van der Waals surface area contributed by atoms with Gasteiger partial charge in [0.2, 0.25) is 0 Å². The number of likely N-dealkylation sites (tertiary alicyclic amines) is 1. The average molecular weight is 439 g/mol. The van der Waals surface area contributed by atoms with Crippen LogP contribution in [0.5, 0.6) is 5.75 Å². The first-order chi connectivity index (χ1) is 15.5. The predicted octanol–water partition coefficient (Wildman–Crippen LogP) is 3.28. The van der Waals surface area contributed by atoms with Crippen LogP contribution >= 0.6 is 0 Å². The van der Waals surface area contributed by atoms with Gasteiger partial charge in [-0.15, -0.1) is 0 Å². The van der Waals surface area contributed by atoms with E-state index in [2.05, 4.69) is 0 Å². The van der Waals surface area contributed by atoms with Crippen molar-refractivity contribution in [2.75, 3.05) is 13.2 Å². The molecule has 4 rings (SSSR count). The van der Waals surface area contributed by atoms with Gasteiger partial charge in [0.15, 0.2) is 0 Å². The molecule has 2 aromatic carbocycles. The minimum atomic E-state index is -0.864. The van der Waals surface area contributed by atoms with Gasteiger partial charge in [-0.2, -0.15) is 0 Å². The van der Waals surface area contributed by atoms with Crippen LogP contribution in [0.1, 0.15) is 61.0 Å². The zero-order valence-corrected chi connectivity index (χ0v) is 18.7. The number of carbonyl (C=O) groups excluding carboxylic acids is 1. The second-order valence-corrected chi connectivity index (χ2v) is 9.32. The average Bonchev–Trinajstić information content (AvgIpc) is 3.07. The highest BCUT2D eigenvalue weighted by Crippen LogP contribution is 2.53. The number of hydrogen-bond acceptors (Lipinski definition) is 5. The molecule has 2 aliphatic rings. The summed E-state index contributed by atoms with van der Waals surface area (Å²) in [6.45, 7) is 3.15. The number of fused-ring (bicyclic) bond motifs is 1. The topological polar surface area (TPSA) is 96.0 Å². The molecule has 32 heavy (non-hydrogen) atoms. The van der Waals surface area contributed by atoms with Gasteiger partial charge in [0.25, 0.3) is 5.91 Å². The summed E-state index contributed by atoms with van der Waals surface area (Å²) in [5.41, 5.74) is 6.60. The summed E-state index contributed by atoms with van der Waals surface area (Å²) in [6.07, 6.45) is 1.87.